The summed E-state index contributed by atoms with van der Waals surface area (Å²) in [6, 6.07) is 0. The van der Waals surface area contributed by atoms with E-state index in [-0.39, 0.29) is 32.1 Å². The van der Waals surface area contributed by atoms with E-state index in [4.69, 9.17) is 23.0 Å². The predicted octanol–water partition coefficient (Wildman–Crippen LogP) is 7.61. The van der Waals surface area contributed by atoms with Gasteiger partial charge in [-0.15, -0.1) is 0 Å². The van der Waals surface area contributed by atoms with Crippen molar-refractivity contribution in [2.45, 2.75) is 242 Å². The zero-order chi connectivity index (χ0) is 54.1. The summed E-state index contributed by atoms with van der Waals surface area (Å²) in [5.74, 6) is -4.40. The third kappa shape index (κ3) is 29.8. The number of cyclic esters (lactones) is 1. The van der Waals surface area contributed by atoms with Gasteiger partial charge in [0.05, 0.1) is 37.1 Å². The van der Waals surface area contributed by atoms with Crippen LogP contribution in [0.2, 0.25) is 0 Å². The highest BCUT2D eigenvalue weighted by Gasteiger charge is 2.51. The van der Waals surface area contributed by atoms with Crippen LogP contribution in [-0.4, -0.2) is 137 Å². The van der Waals surface area contributed by atoms with Crippen molar-refractivity contribution in [1.82, 2.24) is 0 Å². The Morgan fingerprint density at radius 2 is 1.33 bits per heavy atom. The van der Waals surface area contributed by atoms with Gasteiger partial charge in [0.25, 0.3) is 0 Å². The summed E-state index contributed by atoms with van der Waals surface area (Å²) in [5.41, 5.74) is 0. The zero-order valence-corrected chi connectivity index (χ0v) is 45.2. The summed E-state index contributed by atoms with van der Waals surface area (Å²) < 4.78 is 52.5. The fraction of sp³-hybridized carbons (Fsp3) is 0.808. The van der Waals surface area contributed by atoms with Crippen LogP contribution >= 0.6 is 15.6 Å². The van der Waals surface area contributed by atoms with Crippen molar-refractivity contribution in [2.24, 2.45) is 11.8 Å². The molecular formula is C52H92O19P2. The average Bonchev–Trinajstić information content (AvgIpc) is 3.33. The van der Waals surface area contributed by atoms with Crippen LogP contribution in [0.1, 0.15) is 181 Å². The third-order valence-corrected chi connectivity index (χ3v) is 14.7. The van der Waals surface area contributed by atoms with E-state index in [2.05, 4.69) is 43.4 Å². The van der Waals surface area contributed by atoms with E-state index in [9.17, 15) is 69.1 Å². The van der Waals surface area contributed by atoms with E-state index in [0.29, 0.717) is 32.1 Å². The molecule has 0 aromatic heterocycles. The maximum atomic E-state index is 13.8. The van der Waals surface area contributed by atoms with Crippen LogP contribution in [0.4, 0.5) is 0 Å². The highest BCUT2D eigenvalue weighted by molar-refractivity contribution is 7.47. The summed E-state index contributed by atoms with van der Waals surface area (Å²) in [7, 11) is -11.4. The molecule has 2 fully saturated rings. The number of phosphoric ester groups is 2. The molecule has 424 valence electrons. The molecule has 1 saturated carbocycles. The zero-order valence-electron chi connectivity index (χ0n) is 43.4. The number of aliphatic hydroxyl groups excluding tert-OH is 7. The second-order valence-corrected chi connectivity index (χ2v) is 22.2. The molecule has 19 nitrogen and oxygen atoms in total. The van der Waals surface area contributed by atoms with E-state index < -0.39 is 120 Å². The van der Waals surface area contributed by atoms with Gasteiger partial charge in [-0.05, 0) is 64.2 Å². The van der Waals surface area contributed by atoms with Crippen LogP contribution in [0.5, 0.6) is 0 Å². The Morgan fingerprint density at radius 3 is 1.97 bits per heavy atom. The minimum Gasteiger partial charge on any atom is -0.462 e. The van der Waals surface area contributed by atoms with Crippen molar-refractivity contribution in [2.75, 3.05) is 13.2 Å². The van der Waals surface area contributed by atoms with Crippen molar-refractivity contribution < 1.29 is 92.2 Å². The summed E-state index contributed by atoms with van der Waals surface area (Å²) >= 11 is 0. The molecule has 1 saturated heterocycles. The first-order valence-corrected chi connectivity index (χ1v) is 30.0. The van der Waals surface area contributed by atoms with E-state index in [1.54, 1.807) is 0 Å². The van der Waals surface area contributed by atoms with Crippen molar-refractivity contribution in [3.63, 3.8) is 0 Å². The highest BCUT2D eigenvalue weighted by Crippen LogP contribution is 2.50. The Bertz CT molecular complexity index is 1710. The number of esters is 2. The smallest absolute Gasteiger partial charge is 0.462 e. The van der Waals surface area contributed by atoms with Crippen LogP contribution < -0.4 is 0 Å². The molecule has 2 rings (SSSR count). The number of carbonyl (C=O) groups is 2. The van der Waals surface area contributed by atoms with E-state index >= 15 is 0 Å². The second kappa shape index (κ2) is 38.4. The van der Waals surface area contributed by atoms with Gasteiger partial charge in [0.1, 0.15) is 31.0 Å². The molecule has 10 N–H and O–H groups in total. The molecule has 0 radical (unpaired) electrons. The Labute approximate surface area is 434 Å². The monoisotopic (exact) mass is 1080 g/mol. The van der Waals surface area contributed by atoms with Gasteiger partial charge < -0.3 is 59.9 Å². The maximum absolute atomic E-state index is 13.8. The lowest BCUT2D eigenvalue weighted by Gasteiger charge is -2.39. The molecule has 73 heavy (non-hydrogen) atoms. The van der Waals surface area contributed by atoms with Crippen LogP contribution in [0, 0.1) is 11.8 Å². The SMILES string of the molecule is CCCCCC/C=C\C/C=C\C/C=C\CCCCCCCCC(=O)O[C@@H]1COC(=O)CCCCCC[C@@H]2[C@@H](O)[C@H](O)[C@@H](O)[C@H](OP(=O)(O)OC1)[C@H](OP(=O)(O)O)[C@H](O)[C@@H](/C=C/[C@@H](O)CCCCC)[C@H](O)C[C@@H]2O. The molecule has 21 heteroatoms. The lowest BCUT2D eigenvalue weighted by Crippen LogP contribution is -2.56. The second-order valence-electron chi connectivity index (χ2n) is 19.6. The molecular weight excluding hydrogens is 991 g/mol. The number of fused-ring (bicyclic) bond motifs is 4. The normalized spacial score (nSPS) is 30.6. The quantitative estimate of drug-likeness (QED) is 0.0164. The molecule has 0 spiro atoms. The van der Waals surface area contributed by atoms with E-state index in [0.717, 1.165) is 76.7 Å². The van der Waals surface area contributed by atoms with Gasteiger partial charge in [-0.3, -0.25) is 23.2 Å². The number of aliphatic hydroxyl groups is 7. The first kappa shape index (κ1) is 67.0. The molecule has 0 aromatic carbocycles. The first-order chi connectivity index (χ1) is 34.8. The topological polar surface area (TPSA) is 317 Å². The summed E-state index contributed by atoms with van der Waals surface area (Å²) in [6.45, 7) is 2.59. The van der Waals surface area contributed by atoms with Crippen LogP contribution in [0.3, 0.4) is 0 Å². The molecule has 0 aromatic rings. The third-order valence-electron chi connectivity index (χ3n) is 13.2. The van der Waals surface area contributed by atoms with Crippen molar-refractivity contribution in [3.05, 3.63) is 48.6 Å². The summed E-state index contributed by atoms with van der Waals surface area (Å²) in [4.78, 5) is 57.0. The molecule has 2 aliphatic rings. The number of hydrogen-bond donors (Lipinski definition) is 10. The molecule has 13 atom stereocenters. The van der Waals surface area contributed by atoms with Crippen molar-refractivity contribution >= 4 is 27.6 Å². The Balaban J connectivity index is 2.21. The van der Waals surface area contributed by atoms with Crippen LogP contribution in [0.15, 0.2) is 48.6 Å². The van der Waals surface area contributed by atoms with Crippen molar-refractivity contribution in [3.8, 4) is 0 Å². The average molecular weight is 1080 g/mol. The lowest BCUT2D eigenvalue weighted by atomic mass is 9.82. The highest BCUT2D eigenvalue weighted by atomic mass is 31.2. The van der Waals surface area contributed by atoms with Gasteiger partial charge in [-0.25, -0.2) is 9.13 Å². The number of allylic oxidation sites excluding steroid dienone is 6. The molecule has 0 amide bonds. The van der Waals surface area contributed by atoms with Gasteiger partial charge in [0.15, 0.2) is 6.10 Å². The van der Waals surface area contributed by atoms with Gasteiger partial charge >= 0.3 is 27.6 Å². The fourth-order valence-electron chi connectivity index (χ4n) is 8.95. The molecule has 1 heterocycles. The molecule has 1 aliphatic carbocycles. The number of phosphoric acid groups is 2. The number of hydrogen-bond acceptors (Lipinski definition) is 16. The number of unbranched alkanes of at least 4 members (excludes halogenated alkanes) is 12. The Hall–Kier alpha value is -2.16. The van der Waals surface area contributed by atoms with Gasteiger partial charge in [-0.2, -0.15) is 0 Å². The maximum Gasteiger partial charge on any atom is 0.472 e. The molecule has 1 unspecified atom stereocenters. The standard InChI is InChI=1S/C52H92O19P2/c1-3-5-7-8-9-10-11-12-13-14-15-16-17-18-19-20-21-22-23-29-33-46(57)69-40-37-67-45(56)32-28-25-24-27-31-41-43(54)36-44(55)42(35-34-39(53)30-26-6-4-2)48(59)51(70-72(62,63)64)52(50(61)49(60)47(41)58)71-73(65,66)68-38-40/h10-11,13-14,16-17,34-35,39-44,47-55,58-61H,3-9,12,15,18-33,36-38H2,1-2H3,(H,65,66)(H2,62,63,64)/b11-10-,14-13-,17-16-,35-34+/t39-,40+,41-,42-,43-,44+,47+,48+,49-,50+,51+,52-/m0/s1. The fourth-order valence-corrected chi connectivity index (χ4v) is 10.5. The minimum atomic E-state index is -5.77. The van der Waals surface area contributed by atoms with Crippen molar-refractivity contribution in [1.29, 1.82) is 0 Å². The predicted molar refractivity (Wildman–Crippen MR) is 275 cm³/mol. The summed E-state index contributed by atoms with van der Waals surface area (Å²) in [6.07, 6.45) is 12.2. The number of carbonyl (C=O) groups excluding carboxylic acids is 2. The molecule has 1 aliphatic heterocycles. The Kier molecular flexibility index (Phi) is 35.2. The summed E-state index contributed by atoms with van der Waals surface area (Å²) in [5, 5.41) is 80.1. The van der Waals surface area contributed by atoms with Gasteiger partial charge in [0.2, 0.25) is 0 Å². The van der Waals surface area contributed by atoms with Crippen LogP contribution in [0.25, 0.3) is 0 Å². The number of rotatable bonds is 27. The minimum absolute atomic E-state index is 0.0283. The lowest BCUT2D eigenvalue weighted by molar-refractivity contribution is -0.165. The van der Waals surface area contributed by atoms with Gasteiger partial charge in [0, 0.05) is 31.1 Å². The molecule has 2 bridgehead atoms. The number of ether oxygens (including phenoxy) is 2. The largest absolute Gasteiger partial charge is 0.472 e. The van der Waals surface area contributed by atoms with Crippen LogP contribution in [-0.2, 0) is 41.8 Å². The van der Waals surface area contributed by atoms with E-state index in [1.165, 1.54) is 31.8 Å². The Morgan fingerprint density at radius 1 is 0.740 bits per heavy atom. The first-order valence-electron chi connectivity index (χ1n) is 26.9. The van der Waals surface area contributed by atoms with Gasteiger partial charge in [-0.1, -0.05) is 146 Å². The van der Waals surface area contributed by atoms with E-state index in [1.807, 2.05) is 6.92 Å².